The number of sulfonamides is 1. The molecule has 0 heterocycles. The second-order valence-electron chi connectivity index (χ2n) is 10.1. The largest absolute Gasteiger partial charge is 0.354 e. The third-order valence-electron chi connectivity index (χ3n) is 6.89. The van der Waals surface area contributed by atoms with Crippen molar-refractivity contribution in [1.29, 1.82) is 0 Å². The van der Waals surface area contributed by atoms with E-state index in [0.29, 0.717) is 18.5 Å². The third-order valence-corrected chi connectivity index (χ3v) is 8.97. The molecule has 0 aliphatic carbocycles. The fourth-order valence-corrected chi connectivity index (χ4v) is 6.20. The normalized spacial score (nSPS) is 11.9. The molecule has 7 nitrogen and oxygen atoms in total. The lowest BCUT2D eigenvalue weighted by Crippen LogP contribution is -2.53. The van der Waals surface area contributed by atoms with Crippen LogP contribution in [0.15, 0.2) is 108 Å². The Morgan fingerprint density at radius 3 is 2.11 bits per heavy atom. The summed E-state index contributed by atoms with van der Waals surface area (Å²) in [7, 11) is -4.36. The molecule has 0 bridgehead atoms. The second-order valence-corrected chi connectivity index (χ2v) is 12.3. The highest BCUT2D eigenvalue weighted by molar-refractivity contribution is 7.92. The van der Waals surface area contributed by atoms with Crippen LogP contribution in [-0.2, 0) is 32.6 Å². The lowest BCUT2D eigenvalue weighted by molar-refractivity contribution is -0.140. The molecule has 1 unspecified atom stereocenters. The van der Waals surface area contributed by atoms with Crippen molar-refractivity contribution in [2.75, 3.05) is 17.4 Å². The van der Waals surface area contributed by atoms with E-state index in [1.54, 1.807) is 18.2 Å². The monoisotopic (exact) mass is 639 g/mol. The number of carbonyl (C=O) groups excluding carboxylic acids is 2. The zero-order chi connectivity index (χ0) is 31.7. The summed E-state index contributed by atoms with van der Waals surface area (Å²) in [5.74, 6) is -2.36. The van der Waals surface area contributed by atoms with Crippen LogP contribution < -0.4 is 9.62 Å². The minimum absolute atomic E-state index is 0.0367. The maximum absolute atomic E-state index is 14.3. The number of hydrogen-bond donors (Lipinski definition) is 1. The molecule has 2 amide bonds. The highest BCUT2D eigenvalue weighted by Crippen LogP contribution is 2.28. The van der Waals surface area contributed by atoms with Crippen molar-refractivity contribution in [3.05, 3.63) is 131 Å². The number of nitrogens with one attached hydrogen (secondary N) is 1. The van der Waals surface area contributed by atoms with Gasteiger partial charge in [-0.15, -0.1) is 0 Å². The minimum atomic E-state index is -4.36. The van der Waals surface area contributed by atoms with Gasteiger partial charge < -0.3 is 10.2 Å². The molecule has 0 spiro atoms. The molecule has 4 aromatic carbocycles. The number of rotatable bonds is 13. The van der Waals surface area contributed by atoms with Crippen molar-refractivity contribution in [1.82, 2.24) is 10.2 Å². The lowest BCUT2D eigenvalue weighted by Gasteiger charge is -2.34. The van der Waals surface area contributed by atoms with Gasteiger partial charge in [0.1, 0.15) is 24.2 Å². The van der Waals surface area contributed by atoms with Crippen molar-refractivity contribution in [3.63, 3.8) is 0 Å². The van der Waals surface area contributed by atoms with E-state index in [1.807, 2.05) is 37.3 Å². The van der Waals surface area contributed by atoms with E-state index in [9.17, 15) is 26.8 Å². The summed E-state index contributed by atoms with van der Waals surface area (Å²) in [6.45, 7) is 1.42. The zero-order valence-corrected chi connectivity index (χ0v) is 25.6. The van der Waals surface area contributed by atoms with Crippen LogP contribution in [-0.4, -0.2) is 44.3 Å². The van der Waals surface area contributed by atoms with Gasteiger partial charge in [0.25, 0.3) is 10.0 Å². The van der Waals surface area contributed by atoms with E-state index in [1.165, 1.54) is 47.4 Å². The van der Waals surface area contributed by atoms with Crippen molar-refractivity contribution < 1.29 is 26.8 Å². The first-order valence-electron chi connectivity index (χ1n) is 14.0. The van der Waals surface area contributed by atoms with E-state index in [-0.39, 0.29) is 28.6 Å². The molecule has 0 aromatic heterocycles. The van der Waals surface area contributed by atoms with Gasteiger partial charge in [0, 0.05) is 19.5 Å². The first kappa shape index (κ1) is 32.6. The van der Waals surface area contributed by atoms with Gasteiger partial charge in [-0.1, -0.05) is 79.2 Å². The number of anilines is 1. The molecule has 4 aromatic rings. The number of carbonyl (C=O) groups is 2. The third kappa shape index (κ3) is 8.21. The van der Waals surface area contributed by atoms with Crippen LogP contribution in [0.1, 0.15) is 24.5 Å². The molecule has 11 heteroatoms. The average Bonchev–Trinajstić information content (AvgIpc) is 3.03. The summed E-state index contributed by atoms with van der Waals surface area (Å²) in [5.41, 5.74) is 1.27. The van der Waals surface area contributed by atoms with Crippen LogP contribution in [0.25, 0.3) is 0 Å². The predicted molar refractivity (Wildman–Crippen MR) is 167 cm³/mol. The Kier molecular flexibility index (Phi) is 11.1. The van der Waals surface area contributed by atoms with Gasteiger partial charge in [0.05, 0.1) is 15.6 Å². The van der Waals surface area contributed by atoms with Crippen LogP contribution in [0.5, 0.6) is 0 Å². The van der Waals surface area contributed by atoms with Crippen LogP contribution in [0.4, 0.5) is 14.5 Å². The van der Waals surface area contributed by atoms with Crippen LogP contribution >= 0.6 is 11.6 Å². The Labute approximate surface area is 261 Å². The first-order valence-corrected chi connectivity index (χ1v) is 15.8. The van der Waals surface area contributed by atoms with Crippen LogP contribution in [0.2, 0.25) is 5.02 Å². The molecule has 0 aliphatic heterocycles. The molecular formula is C33H32ClF2N3O4S. The number of nitrogens with zero attached hydrogens (tertiary/aromatic N) is 2. The van der Waals surface area contributed by atoms with Gasteiger partial charge in [0.15, 0.2) is 0 Å². The Balaban J connectivity index is 1.80. The average molecular weight is 640 g/mol. The molecular weight excluding hydrogens is 608 g/mol. The molecule has 1 N–H and O–H groups in total. The van der Waals surface area contributed by atoms with E-state index in [0.717, 1.165) is 22.0 Å². The van der Waals surface area contributed by atoms with Crippen molar-refractivity contribution in [3.8, 4) is 0 Å². The minimum Gasteiger partial charge on any atom is -0.354 e. The van der Waals surface area contributed by atoms with Gasteiger partial charge in [-0.2, -0.15) is 0 Å². The Bertz CT molecular complexity index is 1670. The second kappa shape index (κ2) is 14.9. The fourth-order valence-electron chi connectivity index (χ4n) is 4.60. The molecule has 0 saturated carbocycles. The molecule has 1 atom stereocenters. The van der Waals surface area contributed by atoms with E-state index < -0.39 is 46.1 Å². The molecule has 0 fully saturated rings. The number of hydrogen-bond acceptors (Lipinski definition) is 4. The quantitative estimate of drug-likeness (QED) is 0.195. The lowest BCUT2D eigenvalue weighted by atomic mass is 10.0. The van der Waals surface area contributed by atoms with E-state index in [2.05, 4.69) is 5.32 Å². The summed E-state index contributed by atoms with van der Waals surface area (Å²) < 4.78 is 56.5. The Morgan fingerprint density at radius 2 is 1.50 bits per heavy atom. The SMILES string of the molecule is CCCNC(=O)C(Cc1ccccc1)N(Cc1ccc(F)cc1)C(=O)CN(c1ccc(F)c(Cl)c1)S(=O)(=O)c1ccccc1. The molecule has 44 heavy (non-hydrogen) atoms. The molecule has 0 aliphatic rings. The van der Waals surface area contributed by atoms with Crippen LogP contribution in [0.3, 0.4) is 0 Å². The van der Waals surface area contributed by atoms with E-state index in [4.69, 9.17) is 11.6 Å². The first-order chi connectivity index (χ1) is 21.1. The van der Waals surface area contributed by atoms with Crippen molar-refractivity contribution in [2.45, 2.75) is 37.2 Å². The highest BCUT2D eigenvalue weighted by Gasteiger charge is 2.34. The molecule has 4 rings (SSSR count). The van der Waals surface area contributed by atoms with Gasteiger partial charge in [0.2, 0.25) is 11.8 Å². The van der Waals surface area contributed by atoms with Gasteiger partial charge in [-0.3, -0.25) is 13.9 Å². The maximum atomic E-state index is 14.3. The summed E-state index contributed by atoms with van der Waals surface area (Å²) >= 11 is 6.03. The van der Waals surface area contributed by atoms with Crippen molar-refractivity contribution in [2.24, 2.45) is 0 Å². The summed E-state index contributed by atoms with van der Waals surface area (Å²) in [5, 5.41) is 2.53. The standard InChI is InChI=1S/C33H32ClF2N3O4S/c1-2-19-37-33(41)31(20-24-9-5-3-6-10-24)38(22-25-13-15-26(35)16-14-25)32(40)23-39(27-17-18-30(36)29(34)21-27)44(42,43)28-11-7-4-8-12-28/h3-18,21,31H,2,19-20,22-23H2,1H3,(H,37,41). The summed E-state index contributed by atoms with van der Waals surface area (Å²) in [4.78, 5) is 29.1. The van der Waals surface area contributed by atoms with E-state index >= 15 is 0 Å². The number of halogens is 3. The van der Waals surface area contributed by atoms with Gasteiger partial charge in [-0.05, 0) is 60.0 Å². The Morgan fingerprint density at radius 1 is 0.864 bits per heavy atom. The molecule has 230 valence electrons. The fraction of sp³-hybridized carbons (Fsp3) is 0.212. The van der Waals surface area contributed by atoms with Crippen LogP contribution in [0, 0.1) is 11.6 Å². The molecule has 0 radical (unpaired) electrons. The molecule has 0 saturated heterocycles. The van der Waals surface area contributed by atoms with Gasteiger partial charge >= 0.3 is 0 Å². The predicted octanol–water partition coefficient (Wildman–Crippen LogP) is 5.98. The summed E-state index contributed by atoms with van der Waals surface area (Å²) in [6, 6.07) is 24.4. The van der Waals surface area contributed by atoms with Gasteiger partial charge in [-0.25, -0.2) is 17.2 Å². The van der Waals surface area contributed by atoms with Crippen molar-refractivity contribution >= 4 is 39.1 Å². The number of benzene rings is 4. The number of amides is 2. The highest BCUT2D eigenvalue weighted by atomic mass is 35.5. The zero-order valence-electron chi connectivity index (χ0n) is 24.0. The topological polar surface area (TPSA) is 86.8 Å². The maximum Gasteiger partial charge on any atom is 0.264 e. The summed E-state index contributed by atoms with van der Waals surface area (Å²) in [6.07, 6.45) is 0.793. The Hall–Kier alpha value is -4.28. The smallest absolute Gasteiger partial charge is 0.264 e.